The Bertz CT molecular complexity index is 618. The van der Waals surface area contributed by atoms with E-state index in [0.717, 1.165) is 16.4 Å². The molecule has 2 rings (SSSR count). The number of benzene rings is 1. The Morgan fingerprint density at radius 3 is 2.68 bits per heavy atom. The lowest BCUT2D eigenvalue weighted by molar-refractivity contribution is -0.385. The SMILES string of the molecule is O=[N+]([O-])c1ccc(F)c(S(=O)(=O)N2CCC(O)C2)c1. The van der Waals surface area contributed by atoms with E-state index in [9.17, 15) is 28.0 Å². The molecule has 0 radical (unpaired) electrons. The lowest BCUT2D eigenvalue weighted by Crippen LogP contribution is -2.30. The number of sulfonamides is 1. The van der Waals surface area contributed by atoms with Gasteiger partial charge in [0.1, 0.15) is 10.7 Å². The standard InChI is InChI=1S/C10H11FN2O5S/c11-9-2-1-7(13(15)16)5-10(9)19(17,18)12-4-3-8(14)6-12/h1-2,5,8,14H,3-4,6H2. The maximum absolute atomic E-state index is 13.6. The van der Waals surface area contributed by atoms with Crippen LogP contribution in [0.3, 0.4) is 0 Å². The molecule has 0 amide bonds. The maximum atomic E-state index is 13.6. The molecule has 1 saturated heterocycles. The van der Waals surface area contributed by atoms with Crippen molar-refractivity contribution in [2.45, 2.75) is 17.4 Å². The maximum Gasteiger partial charge on any atom is 0.270 e. The van der Waals surface area contributed by atoms with Crippen LogP contribution in [0.5, 0.6) is 0 Å². The molecule has 1 fully saturated rings. The van der Waals surface area contributed by atoms with Gasteiger partial charge in [0.2, 0.25) is 10.0 Å². The Balaban J connectivity index is 2.45. The van der Waals surface area contributed by atoms with Gasteiger partial charge in [-0.05, 0) is 12.5 Å². The summed E-state index contributed by atoms with van der Waals surface area (Å²) < 4.78 is 38.8. The Labute approximate surface area is 108 Å². The third-order valence-electron chi connectivity index (χ3n) is 2.87. The van der Waals surface area contributed by atoms with Crippen molar-refractivity contribution >= 4 is 15.7 Å². The minimum atomic E-state index is -4.16. The van der Waals surface area contributed by atoms with Gasteiger partial charge in [0.15, 0.2) is 0 Å². The topological polar surface area (TPSA) is 101 Å². The van der Waals surface area contributed by atoms with E-state index >= 15 is 0 Å². The number of rotatable bonds is 3. The predicted octanol–water partition coefficient (Wildman–Crippen LogP) is 0.489. The second-order valence-corrected chi connectivity index (χ2v) is 6.08. The first-order valence-electron chi connectivity index (χ1n) is 5.44. The van der Waals surface area contributed by atoms with E-state index in [2.05, 4.69) is 0 Å². The van der Waals surface area contributed by atoms with E-state index in [-0.39, 0.29) is 19.5 Å². The largest absolute Gasteiger partial charge is 0.392 e. The van der Waals surface area contributed by atoms with Crippen LogP contribution in [0.2, 0.25) is 0 Å². The smallest absolute Gasteiger partial charge is 0.270 e. The third kappa shape index (κ3) is 2.57. The van der Waals surface area contributed by atoms with Gasteiger partial charge >= 0.3 is 0 Å². The highest BCUT2D eigenvalue weighted by Gasteiger charge is 2.34. The number of halogens is 1. The fourth-order valence-electron chi connectivity index (χ4n) is 1.87. The van der Waals surface area contributed by atoms with Crippen LogP contribution in [0.4, 0.5) is 10.1 Å². The molecule has 0 saturated carbocycles. The van der Waals surface area contributed by atoms with Gasteiger partial charge in [-0.2, -0.15) is 4.31 Å². The summed E-state index contributed by atoms with van der Waals surface area (Å²) in [5.41, 5.74) is -0.500. The number of aliphatic hydroxyl groups excluding tert-OH is 1. The van der Waals surface area contributed by atoms with E-state index in [1.807, 2.05) is 0 Å². The van der Waals surface area contributed by atoms with Crippen molar-refractivity contribution in [3.8, 4) is 0 Å². The second-order valence-electron chi connectivity index (χ2n) is 4.18. The first kappa shape index (κ1) is 13.8. The van der Waals surface area contributed by atoms with Gasteiger partial charge in [0, 0.05) is 25.2 Å². The van der Waals surface area contributed by atoms with Crippen molar-refractivity contribution in [1.29, 1.82) is 0 Å². The van der Waals surface area contributed by atoms with Crippen LogP contribution >= 0.6 is 0 Å². The van der Waals surface area contributed by atoms with Gasteiger partial charge < -0.3 is 5.11 Å². The zero-order chi connectivity index (χ0) is 14.2. The van der Waals surface area contributed by atoms with Gasteiger partial charge in [0.05, 0.1) is 11.0 Å². The summed E-state index contributed by atoms with van der Waals surface area (Å²) >= 11 is 0. The number of hydrogen-bond acceptors (Lipinski definition) is 5. The molecule has 1 aliphatic heterocycles. The summed E-state index contributed by atoms with van der Waals surface area (Å²) in [6, 6.07) is 2.33. The quantitative estimate of drug-likeness (QED) is 0.645. The fraction of sp³-hybridized carbons (Fsp3) is 0.400. The number of nitro benzene ring substituents is 1. The summed E-state index contributed by atoms with van der Waals surface area (Å²) in [6.45, 7) is -0.0733. The molecule has 19 heavy (non-hydrogen) atoms. The number of hydrogen-bond donors (Lipinski definition) is 1. The Hall–Kier alpha value is -1.58. The molecule has 1 heterocycles. The van der Waals surface area contributed by atoms with Crippen molar-refractivity contribution < 1.29 is 22.8 Å². The third-order valence-corrected chi connectivity index (χ3v) is 4.75. The van der Waals surface area contributed by atoms with E-state index < -0.39 is 37.5 Å². The van der Waals surface area contributed by atoms with Gasteiger partial charge in [-0.15, -0.1) is 0 Å². The van der Waals surface area contributed by atoms with Gasteiger partial charge in [-0.25, -0.2) is 12.8 Å². The summed E-state index contributed by atoms with van der Waals surface area (Å²) in [7, 11) is -4.16. The summed E-state index contributed by atoms with van der Waals surface area (Å²) in [5, 5.41) is 19.9. The monoisotopic (exact) mass is 290 g/mol. The molecule has 1 atom stereocenters. The molecule has 0 aliphatic carbocycles. The minimum Gasteiger partial charge on any atom is -0.392 e. The zero-order valence-corrected chi connectivity index (χ0v) is 10.5. The van der Waals surface area contributed by atoms with Crippen LogP contribution < -0.4 is 0 Å². The summed E-state index contributed by atoms with van der Waals surface area (Å²) in [5.74, 6) is -1.05. The predicted molar refractivity (Wildman–Crippen MR) is 62.4 cm³/mol. The molecule has 1 N–H and O–H groups in total. The number of aliphatic hydroxyl groups is 1. The fourth-order valence-corrected chi connectivity index (χ4v) is 3.45. The molecule has 1 aromatic carbocycles. The molecule has 1 aliphatic rings. The summed E-state index contributed by atoms with van der Waals surface area (Å²) in [6.07, 6.45) is -0.535. The molecule has 0 spiro atoms. The van der Waals surface area contributed by atoms with Crippen LogP contribution in [0.15, 0.2) is 23.1 Å². The molecule has 1 aromatic rings. The molecule has 0 aromatic heterocycles. The number of β-amino-alcohol motifs (C(OH)–C–C–N with tert-alkyl or cyclic N) is 1. The number of nitro groups is 1. The van der Waals surface area contributed by atoms with E-state index in [4.69, 9.17) is 0 Å². The van der Waals surface area contributed by atoms with E-state index in [1.165, 1.54) is 0 Å². The Morgan fingerprint density at radius 2 is 2.16 bits per heavy atom. The number of nitrogens with zero attached hydrogens (tertiary/aromatic N) is 2. The van der Waals surface area contributed by atoms with Crippen LogP contribution in [0.25, 0.3) is 0 Å². The van der Waals surface area contributed by atoms with Crippen LogP contribution in [-0.2, 0) is 10.0 Å². The molecule has 1 unspecified atom stereocenters. The highest BCUT2D eigenvalue weighted by molar-refractivity contribution is 7.89. The van der Waals surface area contributed by atoms with Crippen molar-refractivity contribution in [3.63, 3.8) is 0 Å². The molecule has 7 nitrogen and oxygen atoms in total. The number of non-ortho nitro benzene ring substituents is 1. The van der Waals surface area contributed by atoms with Crippen molar-refractivity contribution in [2.24, 2.45) is 0 Å². The van der Waals surface area contributed by atoms with E-state index in [0.29, 0.717) is 6.07 Å². The highest BCUT2D eigenvalue weighted by Crippen LogP contribution is 2.26. The lowest BCUT2D eigenvalue weighted by atomic mass is 10.3. The molecule has 104 valence electrons. The average Bonchev–Trinajstić information content (AvgIpc) is 2.76. The highest BCUT2D eigenvalue weighted by atomic mass is 32.2. The van der Waals surface area contributed by atoms with Crippen LogP contribution in [0, 0.1) is 15.9 Å². The zero-order valence-electron chi connectivity index (χ0n) is 9.69. The normalized spacial score (nSPS) is 20.6. The molecule has 9 heteroatoms. The van der Waals surface area contributed by atoms with Crippen molar-refractivity contribution in [2.75, 3.05) is 13.1 Å². The van der Waals surface area contributed by atoms with Crippen molar-refractivity contribution in [1.82, 2.24) is 4.31 Å². The second kappa shape index (κ2) is 4.83. The van der Waals surface area contributed by atoms with Gasteiger partial charge in [-0.1, -0.05) is 0 Å². The first-order chi connectivity index (χ1) is 8.82. The Morgan fingerprint density at radius 1 is 1.47 bits per heavy atom. The lowest BCUT2D eigenvalue weighted by Gasteiger charge is -2.15. The molecular formula is C10H11FN2O5S. The van der Waals surface area contributed by atoms with Gasteiger partial charge in [0.25, 0.3) is 5.69 Å². The minimum absolute atomic E-state index is 0.0611. The van der Waals surface area contributed by atoms with Crippen LogP contribution in [-0.4, -0.2) is 41.9 Å². The van der Waals surface area contributed by atoms with Crippen molar-refractivity contribution in [3.05, 3.63) is 34.1 Å². The molecule has 0 bridgehead atoms. The van der Waals surface area contributed by atoms with E-state index in [1.54, 1.807) is 0 Å². The van der Waals surface area contributed by atoms with Gasteiger partial charge in [-0.3, -0.25) is 10.1 Å². The van der Waals surface area contributed by atoms with Crippen LogP contribution in [0.1, 0.15) is 6.42 Å². The average molecular weight is 290 g/mol. The summed E-state index contributed by atoms with van der Waals surface area (Å²) in [4.78, 5) is 9.07. The molecular weight excluding hydrogens is 279 g/mol. The Kier molecular flexibility index (Phi) is 3.52. The first-order valence-corrected chi connectivity index (χ1v) is 6.88.